The van der Waals surface area contributed by atoms with Crippen LogP contribution in [0.2, 0.25) is 0 Å². The third kappa shape index (κ3) is 39.3. The van der Waals surface area contributed by atoms with Crippen molar-refractivity contribution in [2.75, 3.05) is 26.2 Å². The van der Waals surface area contributed by atoms with E-state index in [0.29, 0.717) is 85.0 Å². The Bertz CT molecular complexity index is 3860. The molecule has 5 N–H and O–H groups in total. The number of carbonyl (C=O) groups is 9. The van der Waals surface area contributed by atoms with Crippen LogP contribution >= 0.6 is 0 Å². The molecular weight excluding hydrogens is 1820 g/mol. The molecule has 135 heavy (non-hydrogen) atoms. The van der Waals surface area contributed by atoms with Gasteiger partial charge in [-0.15, -0.1) is 5.48 Å². The number of ether oxygens (including phenoxy) is 8. The Labute approximate surface area is 787 Å². The minimum absolute atomic E-state index is 0.0524. The SMILES string of the molecule is CCC(C)(C)C(=O)OC(CC(C)C)CC(C)(O)C(F)(F)F.CCC(C)(C)C(=O)OC1CC(C(C)(O)C(F)(F)F)CC(C(O)(C(F)(F)F)C(F)(F)F)C1.CCC(C)(C)C(=O)ONC(=O)OC(C)(C)C.CCC(C)(C)C(=O)Oc1ccc(C(C)(O)C(F)(F)F)cc1.CCC(C)(C)OC(=O)N1CCC(OC(=O)C(C)(C)CC)CC1.CCC1(OC(=O)N2CCC(OC(=O)C(C)(C)CC)CC2)CCCC1. The number of rotatable bonds is 28. The van der Waals surface area contributed by atoms with E-state index in [1.165, 1.54) is 26.0 Å². The fourth-order valence-electron chi connectivity index (χ4n) is 12.6. The van der Waals surface area contributed by atoms with Crippen LogP contribution in [0, 0.1) is 50.2 Å². The lowest BCUT2D eigenvalue weighted by atomic mass is 9.66. The van der Waals surface area contributed by atoms with Gasteiger partial charge < -0.3 is 73.0 Å². The first-order chi connectivity index (χ1) is 60.7. The number of aliphatic hydroxyl groups is 4. The van der Waals surface area contributed by atoms with Crippen LogP contribution in [0.25, 0.3) is 0 Å². The number of alkyl halides is 15. The normalized spacial score (nSPS) is 19.2. The number of esters is 5. The van der Waals surface area contributed by atoms with Crippen molar-refractivity contribution in [2.24, 2.45) is 50.2 Å². The molecule has 2 heterocycles. The minimum atomic E-state index is -6.28. The molecule has 1 aromatic rings. The number of hydrogen-bond donors (Lipinski definition) is 5. The molecule has 0 aromatic heterocycles. The first-order valence-corrected chi connectivity index (χ1v) is 46.2. The zero-order chi connectivity index (χ0) is 106. The summed E-state index contributed by atoms with van der Waals surface area (Å²) >= 11 is 0. The predicted molar refractivity (Wildman–Crippen MR) is 473 cm³/mol. The molecular formula is C95H156F15N3O22. The van der Waals surface area contributed by atoms with Crippen LogP contribution in [-0.2, 0) is 72.4 Å². The average molecular weight is 1980 g/mol. The van der Waals surface area contributed by atoms with Crippen molar-refractivity contribution < 1.29 is 172 Å². The summed E-state index contributed by atoms with van der Waals surface area (Å²) in [4.78, 5) is 116. The van der Waals surface area contributed by atoms with Crippen molar-refractivity contribution in [1.29, 1.82) is 0 Å². The van der Waals surface area contributed by atoms with Gasteiger partial charge in [-0.05, 0) is 265 Å². The van der Waals surface area contributed by atoms with E-state index in [2.05, 4.69) is 11.8 Å². The number of likely N-dealkylation sites (tertiary alicyclic amines) is 2. The van der Waals surface area contributed by atoms with E-state index in [1.807, 2.05) is 102 Å². The molecule has 2 saturated carbocycles. The van der Waals surface area contributed by atoms with Crippen molar-refractivity contribution in [3.8, 4) is 5.75 Å². The summed E-state index contributed by atoms with van der Waals surface area (Å²) in [6, 6.07) is 4.66. The number of nitrogens with zero attached hydrogens (tertiary/aromatic N) is 2. The smallest absolute Gasteiger partial charge is 0.441 e. The average Bonchev–Trinajstić information content (AvgIpc) is 0.838. The summed E-state index contributed by atoms with van der Waals surface area (Å²) in [7, 11) is 0. The second-order valence-electron chi connectivity index (χ2n) is 41.8. The first-order valence-electron chi connectivity index (χ1n) is 46.2. The number of carbonyl (C=O) groups excluding carboxylic acids is 9. The molecule has 2 saturated heterocycles. The number of benzene rings is 1. The highest BCUT2D eigenvalue weighted by atomic mass is 19.4. The Morgan fingerprint density at radius 3 is 1.13 bits per heavy atom. The number of nitrogens with one attached hydrogen (secondary N) is 1. The molecule has 7 atom stereocenters. The van der Waals surface area contributed by atoms with Crippen molar-refractivity contribution in [1.82, 2.24) is 15.3 Å². The van der Waals surface area contributed by atoms with Crippen molar-refractivity contribution >= 4 is 54.1 Å². The van der Waals surface area contributed by atoms with Crippen molar-refractivity contribution in [3.05, 3.63) is 29.8 Å². The van der Waals surface area contributed by atoms with E-state index in [9.17, 15) is 129 Å². The largest absolute Gasteiger partial charge is 0.462 e. The highest BCUT2D eigenvalue weighted by Gasteiger charge is 2.75. The fourth-order valence-corrected chi connectivity index (χ4v) is 12.6. The van der Waals surface area contributed by atoms with Gasteiger partial charge in [0.05, 0.1) is 32.5 Å². The first kappa shape index (κ1) is 128. The molecule has 0 bridgehead atoms. The van der Waals surface area contributed by atoms with Gasteiger partial charge in [-0.1, -0.05) is 81.4 Å². The minimum Gasteiger partial charge on any atom is -0.462 e. The highest BCUT2D eigenvalue weighted by Crippen LogP contribution is 2.56. The quantitative estimate of drug-likeness (QED) is 0.0171. The van der Waals surface area contributed by atoms with Gasteiger partial charge in [-0.2, -0.15) is 65.9 Å². The Hall–Kier alpha value is -7.36. The number of hydroxylamine groups is 1. The van der Waals surface area contributed by atoms with Gasteiger partial charge in [-0.25, -0.2) is 19.2 Å². The standard InChI is InChI=1S/C19H33NO4.C18H25F9O4.C17H31NO4.C15H19F3O3.C15H27F3O3.C11H21NO4/c1-5-18(3,4)16(21)23-15-9-13-20(14-10-15)17(22)24-19(6-2)11-7-8-12-19;1-5-13(2,3)12(28)31-11-7-9(14(4,29)16(19,20)21)6-10(8-11)15(30,17(22,23)24)18(25,26)27;1-7-16(3,4)14(19)21-13-9-11-18(12-10-13)15(20)22-17(5,6)8-2;1-5-13(2,3)12(19)21-11-8-6-10(7-9-11)14(4,20)15(16,17)18;1-7-13(4,5)12(19)21-11(8-10(2)3)9-14(6,20)15(16,17)18;1-7-11(5,6)8(13)16-12-9(14)15-10(2,3)4/h15H,5-14H2,1-4H3;9-11,29-30H,5-8H2,1-4H3;13H,7-12H2,1-6H3;6-9,20H,5H2,1-4H3;10-11,20H,7-9H2,1-6H3;7H2,1-6H3,(H,12,14). The Morgan fingerprint density at radius 2 is 0.793 bits per heavy atom. The molecule has 25 nitrogen and oxygen atoms in total. The molecule has 4 aliphatic rings. The third-order valence-corrected chi connectivity index (χ3v) is 26.1. The maximum Gasteiger partial charge on any atom is 0.441 e. The molecule has 4 fully saturated rings. The number of piperidine rings is 2. The van der Waals surface area contributed by atoms with E-state index in [0.717, 1.165) is 63.5 Å². The summed E-state index contributed by atoms with van der Waals surface area (Å²) in [5.74, 6) is -7.65. The van der Waals surface area contributed by atoms with Crippen molar-refractivity contribution in [2.45, 2.75) is 437 Å². The van der Waals surface area contributed by atoms with Crippen LogP contribution in [0.5, 0.6) is 5.75 Å². The Balaban J connectivity index is 0.00000161. The Kier molecular flexibility index (Phi) is 47.4. The van der Waals surface area contributed by atoms with Gasteiger partial charge in [0.1, 0.15) is 47.0 Å². The number of amides is 3. The summed E-state index contributed by atoms with van der Waals surface area (Å²) in [6.07, 6.45) is -23.5. The van der Waals surface area contributed by atoms with Gasteiger partial charge in [0.2, 0.25) is 0 Å². The van der Waals surface area contributed by atoms with Gasteiger partial charge in [0, 0.05) is 70.1 Å². The summed E-state index contributed by atoms with van der Waals surface area (Å²) in [6.45, 7) is 52.4. The van der Waals surface area contributed by atoms with Crippen LogP contribution in [0.1, 0.15) is 348 Å². The van der Waals surface area contributed by atoms with E-state index in [1.54, 1.807) is 79.0 Å². The number of hydrogen-bond acceptors (Lipinski definition) is 22. The maximum absolute atomic E-state index is 13.3. The summed E-state index contributed by atoms with van der Waals surface area (Å²) in [5, 5.41) is 38.7. The van der Waals surface area contributed by atoms with E-state index < -0.39 is 177 Å². The van der Waals surface area contributed by atoms with E-state index in [4.69, 9.17) is 37.9 Å². The zero-order valence-corrected chi connectivity index (χ0v) is 84.7. The van der Waals surface area contributed by atoms with Gasteiger partial charge in [-0.3, -0.25) is 24.0 Å². The third-order valence-electron chi connectivity index (χ3n) is 26.1. The van der Waals surface area contributed by atoms with Crippen LogP contribution in [-0.4, -0.2) is 199 Å². The van der Waals surface area contributed by atoms with E-state index in [-0.39, 0.29) is 78.9 Å². The lowest BCUT2D eigenvalue weighted by Crippen LogP contribution is -2.64. The summed E-state index contributed by atoms with van der Waals surface area (Å²) in [5.41, 5.74) is -18.6. The molecule has 5 rings (SSSR count). The van der Waals surface area contributed by atoms with Crippen LogP contribution in [0.3, 0.4) is 0 Å². The van der Waals surface area contributed by atoms with Crippen molar-refractivity contribution in [3.63, 3.8) is 0 Å². The number of halogens is 15. The predicted octanol–water partition coefficient (Wildman–Crippen LogP) is 23.3. The fraction of sp³-hybridized carbons (Fsp3) is 0.842. The van der Waals surface area contributed by atoms with Crippen LogP contribution in [0.15, 0.2) is 24.3 Å². The molecule has 0 radical (unpaired) electrons. The second kappa shape index (κ2) is 50.2. The Morgan fingerprint density at radius 1 is 0.430 bits per heavy atom. The highest BCUT2D eigenvalue weighted by molar-refractivity contribution is 5.80. The van der Waals surface area contributed by atoms with Gasteiger partial charge in [0.15, 0.2) is 16.8 Å². The van der Waals surface area contributed by atoms with E-state index >= 15 is 0 Å². The second-order valence-corrected chi connectivity index (χ2v) is 41.8. The molecule has 3 amide bonds. The topological polar surface area (TPSA) is 336 Å². The monoisotopic (exact) mass is 1980 g/mol. The molecule has 0 spiro atoms. The van der Waals surface area contributed by atoms with Gasteiger partial charge >= 0.3 is 85.0 Å². The van der Waals surface area contributed by atoms with Crippen LogP contribution in [0.4, 0.5) is 80.2 Å². The molecule has 2 aliphatic heterocycles. The lowest BCUT2D eigenvalue weighted by Gasteiger charge is -2.47. The van der Waals surface area contributed by atoms with Crippen LogP contribution < -0.4 is 10.2 Å². The maximum atomic E-state index is 13.3. The molecule has 2 aliphatic carbocycles. The zero-order valence-electron chi connectivity index (χ0n) is 84.7. The lowest BCUT2D eigenvalue weighted by molar-refractivity contribution is -0.391. The molecule has 7 unspecified atom stereocenters. The molecule has 1 aromatic carbocycles. The van der Waals surface area contributed by atoms with Gasteiger partial charge in [0.25, 0.3) is 5.60 Å². The molecule has 788 valence electrons. The summed E-state index contributed by atoms with van der Waals surface area (Å²) < 4.78 is 239. The molecule has 40 heteroatoms.